The predicted octanol–water partition coefficient (Wildman–Crippen LogP) is 4.09. The third-order valence-electron chi connectivity index (χ3n) is 6.11. The summed E-state index contributed by atoms with van der Waals surface area (Å²) in [6.07, 6.45) is 1.02. The van der Waals surface area contributed by atoms with Crippen molar-refractivity contribution in [2.24, 2.45) is 5.92 Å². The average molecular weight is 422 g/mol. The number of aryl methyl sites for hydroxylation is 1. The number of benzene rings is 2. The molecular formula is C26H35N3O2. The SMILES string of the molecule is CCc1ccc([C@H](NC(=O)CN2CCN(c3ccc(C(C)=O)cc3)CC2)C(C)C)cc1. The Morgan fingerprint density at radius 1 is 0.935 bits per heavy atom. The number of rotatable bonds is 8. The van der Waals surface area contributed by atoms with E-state index in [2.05, 4.69) is 60.2 Å². The van der Waals surface area contributed by atoms with Crippen molar-refractivity contribution in [1.82, 2.24) is 10.2 Å². The number of hydrogen-bond acceptors (Lipinski definition) is 4. The summed E-state index contributed by atoms with van der Waals surface area (Å²) >= 11 is 0. The molecule has 1 aliphatic rings. The molecule has 1 N–H and O–H groups in total. The lowest BCUT2D eigenvalue weighted by Gasteiger charge is -2.36. The molecule has 0 aliphatic carbocycles. The van der Waals surface area contributed by atoms with E-state index in [-0.39, 0.29) is 17.7 Å². The zero-order valence-corrected chi connectivity index (χ0v) is 19.2. The lowest BCUT2D eigenvalue weighted by Crippen LogP contribution is -2.50. The van der Waals surface area contributed by atoms with Gasteiger partial charge in [0.2, 0.25) is 5.91 Å². The van der Waals surface area contributed by atoms with Crippen molar-refractivity contribution in [2.75, 3.05) is 37.6 Å². The second-order valence-electron chi connectivity index (χ2n) is 8.75. The van der Waals surface area contributed by atoms with E-state index in [1.54, 1.807) is 6.92 Å². The fourth-order valence-electron chi connectivity index (χ4n) is 4.09. The van der Waals surface area contributed by atoms with Crippen LogP contribution in [0.4, 0.5) is 5.69 Å². The summed E-state index contributed by atoms with van der Waals surface area (Å²) < 4.78 is 0. The highest BCUT2D eigenvalue weighted by atomic mass is 16.2. The summed E-state index contributed by atoms with van der Waals surface area (Å²) in [6.45, 7) is 11.9. The first-order valence-electron chi connectivity index (χ1n) is 11.3. The van der Waals surface area contributed by atoms with Crippen LogP contribution in [0.1, 0.15) is 55.2 Å². The topological polar surface area (TPSA) is 52.7 Å². The maximum absolute atomic E-state index is 12.8. The number of carbonyl (C=O) groups excluding carboxylic acids is 2. The number of nitrogens with zero attached hydrogens (tertiary/aromatic N) is 2. The van der Waals surface area contributed by atoms with Crippen molar-refractivity contribution in [3.63, 3.8) is 0 Å². The Kier molecular flexibility index (Phi) is 7.85. The number of nitrogens with one attached hydrogen (secondary N) is 1. The molecule has 5 heteroatoms. The molecule has 0 radical (unpaired) electrons. The molecule has 5 nitrogen and oxygen atoms in total. The normalized spacial score (nSPS) is 15.7. The summed E-state index contributed by atoms with van der Waals surface area (Å²) in [6, 6.07) is 16.4. The maximum Gasteiger partial charge on any atom is 0.234 e. The molecule has 1 amide bonds. The van der Waals surface area contributed by atoms with Gasteiger partial charge in [-0.05, 0) is 54.7 Å². The molecule has 0 spiro atoms. The number of anilines is 1. The molecule has 1 heterocycles. The first-order chi connectivity index (χ1) is 14.9. The van der Waals surface area contributed by atoms with Gasteiger partial charge in [0.25, 0.3) is 0 Å². The molecule has 2 aromatic rings. The van der Waals surface area contributed by atoms with Gasteiger partial charge in [-0.2, -0.15) is 0 Å². The van der Waals surface area contributed by atoms with E-state index < -0.39 is 0 Å². The highest BCUT2D eigenvalue weighted by Crippen LogP contribution is 2.22. The van der Waals surface area contributed by atoms with Crippen molar-refractivity contribution in [2.45, 2.75) is 40.2 Å². The van der Waals surface area contributed by atoms with Crippen molar-refractivity contribution >= 4 is 17.4 Å². The Morgan fingerprint density at radius 3 is 2.06 bits per heavy atom. The van der Waals surface area contributed by atoms with Gasteiger partial charge in [0.1, 0.15) is 0 Å². The van der Waals surface area contributed by atoms with Gasteiger partial charge in [0.15, 0.2) is 5.78 Å². The quantitative estimate of drug-likeness (QED) is 0.653. The molecular weight excluding hydrogens is 386 g/mol. The van der Waals surface area contributed by atoms with Crippen molar-refractivity contribution in [1.29, 1.82) is 0 Å². The van der Waals surface area contributed by atoms with Crippen LogP contribution in [0, 0.1) is 5.92 Å². The Labute approximate surface area is 186 Å². The fourth-order valence-corrected chi connectivity index (χ4v) is 4.09. The maximum atomic E-state index is 12.8. The highest BCUT2D eigenvalue weighted by Gasteiger charge is 2.22. The molecule has 1 saturated heterocycles. The summed E-state index contributed by atoms with van der Waals surface area (Å²) in [5.74, 6) is 0.493. The predicted molar refractivity (Wildman–Crippen MR) is 127 cm³/mol. The fraction of sp³-hybridized carbons (Fsp3) is 0.462. The summed E-state index contributed by atoms with van der Waals surface area (Å²) in [5.41, 5.74) is 4.35. The second kappa shape index (κ2) is 10.6. The van der Waals surface area contributed by atoms with Crippen molar-refractivity contribution in [3.05, 3.63) is 65.2 Å². The van der Waals surface area contributed by atoms with Crippen molar-refractivity contribution in [3.8, 4) is 0 Å². The van der Waals surface area contributed by atoms with E-state index in [0.29, 0.717) is 12.5 Å². The van der Waals surface area contributed by atoms with Gasteiger partial charge in [0, 0.05) is 37.4 Å². The van der Waals surface area contributed by atoms with E-state index in [4.69, 9.17) is 0 Å². The highest BCUT2D eigenvalue weighted by molar-refractivity contribution is 5.94. The van der Waals surface area contributed by atoms with Crippen LogP contribution in [0.25, 0.3) is 0 Å². The summed E-state index contributed by atoms with van der Waals surface area (Å²) in [4.78, 5) is 28.8. The molecule has 0 bridgehead atoms. The minimum Gasteiger partial charge on any atom is -0.369 e. The van der Waals surface area contributed by atoms with E-state index in [0.717, 1.165) is 43.9 Å². The number of ketones is 1. The zero-order valence-electron chi connectivity index (χ0n) is 19.2. The summed E-state index contributed by atoms with van der Waals surface area (Å²) in [7, 11) is 0. The first kappa shape index (κ1) is 23.0. The van der Waals surface area contributed by atoms with E-state index in [1.807, 2.05) is 24.3 Å². The first-order valence-corrected chi connectivity index (χ1v) is 11.3. The largest absolute Gasteiger partial charge is 0.369 e. The van der Waals surface area contributed by atoms with E-state index in [1.165, 1.54) is 11.1 Å². The average Bonchev–Trinajstić information content (AvgIpc) is 2.78. The molecule has 0 unspecified atom stereocenters. The Morgan fingerprint density at radius 2 is 1.55 bits per heavy atom. The van der Waals surface area contributed by atoms with Gasteiger partial charge in [-0.25, -0.2) is 0 Å². The third kappa shape index (κ3) is 6.17. The molecule has 0 saturated carbocycles. The molecule has 1 aliphatic heterocycles. The van der Waals surface area contributed by atoms with Gasteiger partial charge < -0.3 is 10.2 Å². The number of piperazine rings is 1. The van der Waals surface area contributed by atoms with Crippen LogP contribution in [0.3, 0.4) is 0 Å². The smallest absolute Gasteiger partial charge is 0.234 e. The van der Waals surface area contributed by atoms with E-state index >= 15 is 0 Å². The minimum absolute atomic E-state index is 0.0273. The van der Waals surface area contributed by atoms with Crippen LogP contribution >= 0.6 is 0 Å². The van der Waals surface area contributed by atoms with Gasteiger partial charge >= 0.3 is 0 Å². The third-order valence-corrected chi connectivity index (χ3v) is 6.11. The van der Waals surface area contributed by atoms with E-state index in [9.17, 15) is 9.59 Å². The molecule has 1 atom stereocenters. The Balaban J connectivity index is 1.52. The van der Waals surface area contributed by atoms with Crippen LogP contribution in [0.2, 0.25) is 0 Å². The zero-order chi connectivity index (χ0) is 22.4. The molecule has 0 aromatic heterocycles. The molecule has 3 rings (SSSR count). The molecule has 2 aromatic carbocycles. The molecule has 1 fully saturated rings. The van der Waals surface area contributed by atoms with Crippen LogP contribution in [-0.2, 0) is 11.2 Å². The minimum atomic E-state index is 0.0273. The number of hydrogen-bond donors (Lipinski definition) is 1. The lowest BCUT2D eigenvalue weighted by atomic mass is 9.95. The number of amides is 1. The molecule has 166 valence electrons. The molecule has 31 heavy (non-hydrogen) atoms. The van der Waals surface area contributed by atoms with Gasteiger partial charge in [-0.1, -0.05) is 45.0 Å². The summed E-state index contributed by atoms with van der Waals surface area (Å²) in [5, 5.41) is 3.25. The van der Waals surface area contributed by atoms with Crippen LogP contribution in [0.15, 0.2) is 48.5 Å². The lowest BCUT2D eigenvalue weighted by molar-refractivity contribution is -0.123. The monoisotopic (exact) mass is 421 g/mol. The van der Waals surface area contributed by atoms with Crippen molar-refractivity contribution < 1.29 is 9.59 Å². The second-order valence-corrected chi connectivity index (χ2v) is 8.75. The Bertz CT molecular complexity index is 867. The number of carbonyl (C=O) groups is 2. The van der Waals surface area contributed by atoms with Crippen LogP contribution < -0.4 is 10.2 Å². The van der Waals surface area contributed by atoms with Gasteiger partial charge in [-0.15, -0.1) is 0 Å². The van der Waals surface area contributed by atoms with Crippen LogP contribution in [0.5, 0.6) is 0 Å². The van der Waals surface area contributed by atoms with Gasteiger partial charge in [0.05, 0.1) is 12.6 Å². The van der Waals surface area contributed by atoms with Crippen LogP contribution in [-0.4, -0.2) is 49.3 Å². The standard InChI is InChI=1S/C26H35N3O2/c1-5-21-6-8-23(9-7-21)26(19(2)3)27-25(31)18-28-14-16-29(17-15-28)24-12-10-22(11-13-24)20(4)30/h6-13,19,26H,5,14-18H2,1-4H3,(H,27,31)/t26-/m1/s1. The Hall–Kier alpha value is -2.66. The number of Topliss-reactive ketones (excluding diaryl/α,β-unsaturated/α-hetero) is 1. The van der Waals surface area contributed by atoms with Gasteiger partial charge in [-0.3, -0.25) is 14.5 Å².